The van der Waals surface area contributed by atoms with E-state index in [2.05, 4.69) is 29.6 Å². The number of rotatable bonds is 8. The van der Waals surface area contributed by atoms with Crippen LogP contribution in [0.3, 0.4) is 0 Å². The summed E-state index contributed by atoms with van der Waals surface area (Å²) in [6, 6.07) is 22.4. The lowest BCUT2D eigenvalue weighted by Crippen LogP contribution is -2.00. The molecule has 3 heteroatoms. The van der Waals surface area contributed by atoms with Crippen molar-refractivity contribution in [2.24, 2.45) is 0 Å². The average molecular weight is 307 g/mol. The van der Waals surface area contributed by atoms with Crippen molar-refractivity contribution in [1.82, 2.24) is 0 Å². The number of hydrogen-bond donors (Lipinski definition) is 1. The first kappa shape index (κ1) is 15.2. The van der Waals surface area contributed by atoms with Gasteiger partial charge < -0.3 is 14.5 Å². The topological polar surface area (TPSA) is 34.4 Å². The monoisotopic (exact) mass is 307 g/mol. The van der Waals surface area contributed by atoms with Gasteiger partial charge in [0.2, 0.25) is 0 Å². The van der Waals surface area contributed by atoms with Crippen molar-refractivity contribution in [3.8, 4) is 5.75 Å². The Morgan fingerprint density at radius 1 is 0.870 bits per heavy atom. The van der Waals surface area contributed by atoms with Crippen LogP contribution in [0, 0.1) is 0 Å². The van der Waals surface area contributed by atoms with Crippen molar-refractivity contribution in [2.75, 3.05) is 11.9 Å². The molecule has 3 rings (SSSR count). The largest absolute Gasteiger partial charge is 0.494 e. The molecule has 1 heterocycles. The summed E-state index contributed by atoms with van der Waals surface area (Å²) in [4.78, 5) is 0. The Morgan fingerprint density at radius 2 is 1.70 bits per heavy atom. The molecule has 0 unspecified atom stereocenters. The fourth-order valence-electron chi connectivity index (χ4n) is 2.38. The number of furan rings is 1. The van der Waals surface area contributed by atoms with Gasteiger partial charge >= 0.3 is 0 Å². The summed E-state index contributed by atoms with van der Waals surface area (Å²) in [7, 11) is 0. The Labute approximate surface area is 136 Å². The molecule has 0 aliphatic carbocycles. The zero-order valence-electron chi connectivity index (χ0n) is 13.1. The Hall–Kier alpha value is -2.68. The van der Waals surface area contributed by atoms with Crippen LogP contribution in [0.25, 0.3) is 0 Å². The summed E-state index contributed by atoms with van der Waals surface area (Å²) in [5, 5.41) is 3.31. The molecule has 118 valence electrons. The minimum absolute atomic E-state index is 0.685. The zero-order valence-corrected chi connectivity index (χ0v) is 13.1. The lowest BCUT2D eigenvalue weighted by Gasteiger charge is -2.08. The lowest BCUT2D eigenvalue weighted by molar-refractivity contribution is 0.311. The minimum atomic E-state index is 0.685. The van der Waals surface area contributed by atoms with Gasteiger partial charge in [-0.25, -0.2) is 0 Å². The first-order valence-corrected chi connectivity index (χ1v) is 7.93. The molecule has 0 bridgehead atoms. The maximum Gasteiger partial charge on any atom is 0.122 e. The maximum atomic E-state index is 5.79. The molecular weight excluding hydrogens is 286 g/mol. The van der Waals surface area contributed by atoms with Gasteiger partial charge in [-0.1, -0.05) is 30.3 Å². The summed E-state index contributed by atoms with van der Waals surface area (Å²) in [6.45, 7) is 1.42. The van der Waals surface area contributed by atoms with Crippen molar-refractivity contribution in [3.63, 3.8) is 0 Å². The van der Waals surface area contributed by atoms with Crippen LogP contribution in [-0.2, 0) is 13.0 Å². The normalized spacial score (nSPS) is 10.4. The van der Waals surface area contributed by atoms with E-state index < -0.39 is 0 Å². The zero-order chi connectivity index (χ0) is 15.7. The molecule has 0 atom stereocenters. The molecule has 0 amide bonds. The molecule has 3 nitrogen and oxygen atoms in total. The molecule has 0 radical (unpaired) electrons. The SMILES string of the molecule is c1ccc(CCCOc2ccc(NCc3ccco3)cc2)cc1. The number of nitrogens with one attached hydrogen (secondary N) is 1. The predicted molar refractivity (Wildman–Crippen MR) is 92.7 cm³/mol. The number of aryl methyl sites for hydroxylation is 1. The molecule has 2 aromatic carbocycles. The van der Waals surface area contributed by atoms with Crippen molar-refractivity contribution >= 4 is 5.69 Å². The van der Waals surface area contributed by atoms with E-state index in [4.69, 9.17) is 9.15 Å². The van der Waals surface area contributed by atoms with Gasteiger partial charge in [0.1, 0.15) is 11.5 Å². The predicted octanol–water partition coefficient (Wildman–Crippen LogP) is 4.90. The number of benzene rings is 2. The molecule has 0 saturated carbocycles. The highest BCUT2D eigenvalue weighted by atomic mass is 16.5. The van der Waals surface area contributed by atoms with Crippen molar-refractivity contribution in [3.05, 3.63) is 84.3 Å². The second-order valence-corrected chi connectivity index (χ2v) is 5.39. The van der Waals surface area contributed by atoms with Crippen LogP contribution in [0.4, 0.5) is 5.69 Å². The van der Waals surface area contributed by atoms with E-state index in [1.54, 1.807) is 6.26 Å². The Bertz CT molecular complexity index is 675. The molecule has 0 fully saturated rings. The van der Waals surface area contributed by atoms with Gasteiger partial charge in [-0.05, 0) is 54.8 Å². The highest BCUT2D eigenvalue weighted by Crippen LogP contribution is 2.17. The standard InChI is InChI=1S/C20H21NO2/c1-2-6-17(7-3-1)8-4-14-22-19-12-10-18(11-13-19)21-16-20-9-5-15-23-20/h1-3,5-7,9-13,15,21H,4,8,14,16H2. The molecule has 0 spiro atoms. The molecule has 0 aliphatic heterocycles. The molecule has 1 aromatic heterocycles. The molecule has 23 heavy (non-hydrogen) atoms. The summed E-state index contributed by atoms with van der Waals surface area (Å²) in [5.74, 6) is 1.83. The van der Waals surface area contributed by atoms with E-state index in [0.29, 0.717) is 6.54 Å². The van der Waals surface area contributed by atoms with E-state index in [1.165, 1.54) is 5.56 Å². The van der Waals surface area contributed by atoms with Crippen molar-refractivity contribution < 1.29 is 9.15 Å². The molecule has 3 aromatic rings. The van der Waals surface area contributed by atoms with Gasteiger partial charge in [-0.3, -0.25) is 0 Å². The fourth-order valence-corrected chi connectivity index (χ4v) is 2.38. The van der Waals surface area contributed by atoms with Crippen molar-refractivity contribution in [1.29, 1.82) is 0 Å². The van der Waals surface area contributed by atoms with Crippen LogP contribution >= 0.6 is 0 Å². The van der Waals surface area contributed by atoms with Crippen LogP contribution in [0.1, 0.15) is 17.7 Å². The molecule has 1 N–H and O–H groups in total. The lowest BCUT2D eigenvalue weighted by atomic mass is 10.1. The molecule has 0 aliphatic rings. The fraction of sp³-hybridized carbons (Fsp3) is 0.200. The Kier molecular flexibility index (Phi) is 5.35. The van der Waals surface area contributed by atoms with E-state index in [0.717, 1.165) is 36.6 Å². The second-order valence-electron chi connectivity index (χ2n) is 5.39. The van der Waals surface area contributed by atoms with Crippen LogP contribution in [-0.4, -0.2) is 6.61 Å². The quantitative estimate of drug-likeness (QED) is 0.601. The van der Waals surface area contributed by atoms with E-state index >= 15 is 0 Å². The van der Waals surface area contributed by atoms with Crippen LogP contribution in [0.2, 0.25) is 0 Å². The number of ether oxygens (including phenoxy) is 1. The highest BCUT2D eigenvalue weighted by Gasteiger charge is 1.98. The average Bonchev–Trinajstić information content (AvgIpc) is 3.12. The summed E-state index contributed by atoms with van der Waals surface area (Å²) >= 11 is 0. The van der Waals surface area contributed by atoms with Crippen LogP contribution in [0.5, 0.6) is 5.75 Å². The van der Waals surface area contributed by atoms with Gasteiger partial charge in [-0.2, -0.15) is 0 Å². The first-order valence-electron chi connectivity index (χ1n) is 7.93. The molecule has 0 saturated heterocycles. The third kappa shape index (κ3) is 4.92. The van der Waals surface area contributed by atoms with Crippen molar-refractivity contribution in [2.45, 2.75) is 19.4 Å². The van der Waals surface area contributed by atoms with Crippen LogP contribution < -0.4 is 10.1 Å². The highest BCUT2D eigenvalue weighted by molar-refractivity contribution is 5.46. The Balaban J connectivity index is 1.39. The minimum Gasteiger partial charge on any atom is -0.494 e. The summed E-state index contributed by atoms with van der Waals surface area (Å²) in [6.07, 6.45) is 3.75. The molecular formula is C20H21NO2. The van der Waals surface area contributed by atoms with Gasteiger partial charge in [0.15, 0.2) is 0 Å². The first-order chi connectivity index (χ1) is 11.4. The number of anilines is 1. The summed E-state index contributed by atoms with van der Waals surface area (Å²) in [5.41, 5.74) is 2.41. The van der Waals surface area contributed by atoms with Gasteiger partial charge in [0.25, 0.3) is 0 Å². The van der Waals surface area contributed by atoms with Gasteiger partial charge in [0, 0.05) is 5.69 Å². The second kappa shape index (κ2) is 8.08. The smallest absolute Gasteiger partial charge is 0.122 e. The Morgan fingerprint density at radius 3 is 2.43 bits per heavy atom. The number of hydrogen-bond acceptors (Lipinski definition) is 3. The van der Waals surface area contributed by atoms with E-state index in [1.807, 2.05) is 42.5 Å². The van der Waals surface area contributed by atoms with E-state index in [-0.39, 0.29) is 0 Å². The third-order valence-electron chi connectivity index (χ3n) is 3.62. The van der Waals surface area contributed by atoms with Gasteiger partial charge in [-0.15, -0.1) is 0 Å². The maximum absolute atomic E-state index is 5.79. The van der Waals surface area contributed by atoms with Crippen LogP contribution in [0.15, 0.2) is 77.4 Å². The summed E-state index contributed by atoms with van der Waals surface area (Å²) < 4.78 is 11.1. The van der Waals surface area contributed by atoms with Gasteiger partial charge in [0.05, 0.1) is 19.4 Å². The third-order valence-corrected chi connectivity index (χ3v) is 3.62. The van der Waals surface area contributed by atoms with E-state index in [9.17, 15) is 0 Å².